The monoisotopic (exact) mass is 382 g/mol. The molecule has 1 heterocycles. The Hall–Kier alpha value is -1.79. The van der Waals surface area contributed by atoms with E-state index in [1.165, 1.54) is 11.1 Å². The van der Waals surface area contributed by atoms with Crippen LogP contribution in [0.4, 0.5) is 4.79 Å². The van der Waals surface area contributed by atoms with Crippen molar-refractivity contribution >= 4 is 24.3 Å². The van der Waals surface area contributed by atoms with Gasteiger partial charge in [-0.15, -0.1) is 12.4 Å². The number of carbonyl (C=O) groups is 2. The Kier molecular flexibility index (Phi) is 8.37. The predicted octanol–water partition coefficient (Wildman–Crippen LogP) is 2.06. The third-order valence-electron chi connectivity index (χ3n) is 4.57. The molecule has 1 aliphatic rings. The van der Waals surface area contributed by atoms with Crippen LogP contribution in [0.15, 0.2) is 24.3 Å². The number of amides is 3. The highest BCUT2D eigenvalue weighted by atomic mass is 35.5. The van der Waals surface area contributed by atoms with E-state index in [-0.39, 0.29) is 30.9 Å². The van der Waals surface area contributed by atoms with Gasteiger partial charge in [-0.3, -0.25) is 4.79 Å². The molecule has 2 rings (SSSR count). The number of urea groups is 1. The van der Waals surface area contributed by atoms with Crippen molar-refractivity contribution in [2.24, 2.45) is 11.7 Å². The molecular weight excluding hydrogens is 352 g/mol. The second-order valence-electron chi connectivity index (χ2n) is 7.51. The minimum atomic E-state index is -0.444. The zero-order valence-electron chi connectivity index (χ0n) is 15.9. The summed E-state index contributed by atoms with van der Waals surface area (Å²) in [5.41, 5.74) is 7.82. The standard InChI is InChI=1S/C19H30N4O2.ClH/c1-14(2)10-19(3,13-20)22-17(24)11-21-18(25)23-9-8-15-6-4-5-7-16(15)12-23;/h4-7,14H,8-13,20H2,1-3H3,(H,21,25)(H,22,24);1H. The second-order valence-corrected chi connectivity index (χ2v) is 7.51. The molecule has 4 N–H and O–H groups in total. The van der Waals surface area contributed by atoms with Gasteiger partial charge in [-0.05, 0) is 36.8 Å². The van der Waals surface area contributed by atoms with Crippen molar-refractivity contribution in [1.29, 1.82) is 0 Å². The first-order valence-corrected chi connectivity index (χ1v) is 8.93. The van der Waals surface area contributed by atoms with Crippen LogP contribution in [0, 0.1) is 5.92 Å². The average molecular weight is 383 g/mol. The molecule has 6 nitrogen and oxygen atoms in total. The van der Waals surface area contributed by atoms with Gasteiger partial charge in [-0.25, -0.2) is 4.79 Å². The van der Waals surface area contributed by atoms with E-state index in [1.807, 2.05) is 25.1 Å². The van der Waals surface area contributed by atoms with Crippen LogP contribution in [0.5, 0.6) is 0 Å². The molecule has 0 saturated carbocycles. The predicted molar refractivity (Wildman–Crippen MR) is 106 cm³/mol. The van der Waals surface area contributed by atoms with Gasteiger partial charge in [0.15, 0.2) is 0 Å². The Balaban J connectivity index is 0.00000338. The van der Waals surface area contributed by atoms with E-state index in [1.54, 1.807) is 4.90 Å². The summed E-state index contributed by atoms with van der Waals surface area (Å²) in [4.78, 5) is 26.3. The highest BCUT2D eigenvalue weighted by Crippen LogP contribution is 2.18. The largest absolute Gasteiger partial charge is 0.348 e. The highest BCUT2D eigenvalue weighted by molar-refractivity contribution is 5.85. The molecular formula is C19H31ClN4O2. The van der Waals surface area contributed by atoms with E-state index in [9.17, 15) is 9.59 Å². The van der Waals surface area contributed by atoms with Gasteiger partial charge in [0, 0.05) is 25.2 Å². The molecule has 3 amide bonds. The summed E-state index contributed by atoms with van der Waals surface area (Å²) in [6.07, 6.45) is 1.64. The van der Waals surface area contributed by atoms with Crippen LogP contribution in [0.3, 0.4) is 0 Å². The number of nitrogens with zero attached hydrogens (tertiary/aromatic N) is 1. The summed E-state index contributed by atoms with van der Waals surface area (Å²) in [7, 11) is 0. The number of rotatable bonds is 6. The van der Waals surface area contributed by atoms with Crippen molar-refractivity contribution in [1.82, 2.24) is 15.5 Å². The van der Waals surface area contributed by atoms with Crippen molar-refractivity contribution in [3.63, 3.8) is 0 Å². The summed E-state index contributed by atoms with van der Waals surface area (Å²) in [5.74, 6) is 0.219. The topological polar surface area (TPSA) is 87.5 Å². The van der Waals surface area contributed by atoms with Crippen LogP contribution >= 0.6 is 12.4 Å². The number of nitrogens with one attached hydrogen (secondary N) is 2. The van der Waals surface area contributed by atoms with Crippen molar-refractivity contribution in [3.8, 4) is 0 Å². The van der Waals surface area contributed by atoms with E-state index in [0.717, 1.165) is 12.8 Å². The maximum absolute atomic E-state index is 12.3. The smallest absolute Gasteiger partial charge is 0.318 e. The Morgan fingerprint density at radius 1 is 1.27 bits per heavy atom. The molecule has 0 aliphatic carbocycles. The zero-order valence-corrected chi connectivity index (χ0v) is 16.7. The molecule has 1 atom stereocenters. The number of hydrogen-bond acceptors (Lipinski definition) is 3. The quantitative estimate of drug-likeness (QED) is 0.703. The molecule has 0 spiro atoms. The molecule has 0 aromatic heterocycles. The third kappa shape index (κ3) is 6.18. The summed E-state index contributed by atoms with van der Waals surface area (Å²) in [6.45, 7) is 7.70. The highest BCUT2D eigenvalue weighted by Gasteiger charge is 2.26. The average Bonchev–Trinajstić information content (AvgIpc) is 2.58. The molecule has 146 valence electrons. The minimum Gasteiger partial charge on any atom is -0.348 e. The normalized spacial score (nSPS) is 15.5. The maximum atomic E-state index is 12.3. The van der Waals surface area contributed by atoms with Gasteiger partial charge in [-0.1, -0.05) is 38.1 Å². The van der Waals surface area contributed by atoms with Gasteiger partial charge < -0.3 is 21.3 Å². The molecule has 0 radical (unpaired) electrons. The van der Waals surface area contributed by atoms with Crippen molar-refractivity contribution < 1.29 is 9.59 Å². The van der Waals surface area contributed by atoms with E-state index < -0.39 is 5.54 Å². The molecule has 1 aliphatic heterocycles. The number of nitrogens with two attached hydrogens (primary N) is 1. The van der Waals surface area contributed by atoms with E-state index in [2.05, 4.69) is 30.5 Å². The van der Waals surface area contributed by atoms with Crippen LogP contribution < -0.4 is 16.4 Å². The van der Waals surface area contributed by atoms with E-state index >= 15 is 0 Å². The summed E-state index contributed by atoms with van der Waals surface area (Å²) >= 11 is 0. The first kappa shape index (κ1) is 22.3. The first-order valence-electron chi connectivity index (χ1n) is 8.93. The SMILES string of the molecule is CC(C)CC(C)(CN)NC(=O)CNC(=O)N1CCc2ccccc2C1.Cl. The van der Waals surface area contributed by atoms with Crippen LogP contribution in [0.25, 0.3) is 0 Å². The number of carbonyl (C=O) groups excluding carboxylic acids is 2. The lowest BCUT2D eigenvalue weighted by atomic mass is 9.91. The minimum absolute atomic E-state index is 0. The van der Waals surface area contributed by atoms with Gasteiger partial charge in [-0.2, -0.15) is 0 Å². The van der Waals surface area contributed by atoms with E-state index in [4.69, 9.17) is 5.73 Å². The van der Waals surface area contributed by atoms with Gasteiger partial charge >= 0.3 is 6.03 Å². The van der Waals surface area contributed by atoms with Crippen LogP contribution in [0.1, 0.15) is 38.3 Å². The third-order valence-corrected chi connectivity index (χ3v) is 4.57. The summed E-state index contributed by atoms with van der Waals surface area (Å²) in [6, 6.07) is 7.93. The maximum Gasteiger partial charge on any atom is 0.318 e. The second kappa shape index (κ2) is 9.78. The van der Waals surface area contributed by atoms with Crippen molar-refractivity contribution in [2.75, 3.05) is 19.6 Å². The molecule has 1 aromatic carbocycles. The van der Waals surface area contributed by atoms with Crippen molar-refractivity contribution in [3.05, 3.63) is 35.4 Å². The van der Waals surface area contributed by atoms with Gasteiger partial charge in [0.2, 0.25) is 5.91 Å². The van der Waals surface area contributed by atoms with Gasteiger partial charge in [0.1, 0.15) is 0 Å². The summed E-state index contributed by atoms with van der Waals surface area (Å²) < 4.78 is 0. The fourth-order valence-electron chi connectivity index (χ4n) is 3.40. The van der Waals surface area contributed by atoms with Gasteiger partial charge in [0.05, 0.1) is 6.54 Å². The zero-order chi connectivity index (χ0) is 18.4. The molecule has 0 fully saturated rings. The number of benzene rings is 1. The fourth-order valence-corrected chi connectivity index (χ4v) is 3.40. The molecule has 1 unspecified atom stereocenters. The van der Waals surface area contributed by atoms with Gasteiger partial charge in [0.25, 0.3) is 0 Å². The Bertz CT molecular complexity index is 623. The van der Waals surface area contributed by atoms with Crippen LogP contribution in [-0.4, -0.2) is 42.0 Å². The lowest BCUT2D eigenvalue weighted by Crippen LogP contribution is -2.55. The lowest BCUT2D eigenvalue weighted by Gasteiger charge is -2.32. The molecule has 0 bridgehead atoms. The van der Waals surface area contributed by atoms with Crippen molar-refractivity contribution in [2.45, 2.75) is 45.7 Å². The Labute approximate surface area is 162 Å². The molecule has 0 saturated heterocycles. The van der Waals surface area contributed by atoms with E-state index in [0.29, 0.717) is 25.6 Å². The fraction of sp³-hybridized carbons (Fsp3) is 0.579. The molecule has 1 aromatic rings. The number of fused-ring (bicyclic) bond motifs is 1. The number of halogens is 1. The molecule has 7 heteroatoms. The first-order chi connectivity index (χ1) is 11.8. The van der Waals surface area contributed by atoms with Crippen LogP contribution in [0.2, 0.25) is 0 Å². The summed E-state index contributed by atoms with van der Waals surface area (Å²) in [5, 5.41) is 5.67. The number of hydrogen-bond donors (Lipinski definition) is 3. The molecule has 26 heavy (non-hydrogen) atoms. The Morgan fingerprint density at radius 3 is 2.54 bits per heavy atom. The van der Waals surface area contributed by atoms with Crippen LogP contribution in [-0.2, 0) is 17.8 Å². The Morgan fingerprint density at radius 2 is 1.92 bits per heavy atom. The lowest BCUT2D eigenvalue weighted by molar-refractivity contribution is -0.122.